The summed E-state index contributed by atoms with van der Waals surface area (Å²) in [4.78, 5) is 17.8. The molecule has 1 aromatic heterocycles. The number of hydrogen-bond acceptors (Lipinski definition) is 4. The number of aromatic nitrogens is 1. The molecule has 1 aliphatic rings. The lowest BCUT2D eigenvalue weighted by Crippen LogP contribution is -2.36. The van der Waals surface area contributed by atoms with Crippen molar-refractivity contribution < 1.29 is 15.0 Å². The van der Waals surface area contributed by atoms with Crippen LogP contribution in [0.4, 0.5) is 5.82 Å². The van der Waals surface area contributed by atoms with Gasteiger partial charge in [0.25, 0.3) is 0 Å². The standard InChI is InChI=1S/C15H16N2O3/c18-10-6-8-17(9-7-10)14-5-4-11-12(15(19)20)2-1-3-13(11)16-14/h1-5,10,18H,6-9H2,(H,19,20). The first-order chi connectivity index (χ1) is 9.65. The van der Waals surface area contributed by atoms with Crippen LogP contribution in [-0.2, 0) is 0 Å². The number of anilines is 1. The molecule has 1 aromatic carbocycles. The Labute approximate surface area is 116 Å². The second kappa shape index (κ2) is 5.09. The summed E-state index contributed by atoms with van der Waals surface area (Å²) in [7, 11) is 0. The highest BCUT2D eigenvalue weighted by Crippen LogP contribution is 2.23. The van der Waals surface area contributed by atoms with Gasteiger partial charge < -0.3 is 15.1 Å². The minimum atomic E-state index is -0.939. The molecular formula is C15H16N2O3. The summed E-state index contributed by atoms with van der Waals surface area (Å²) in [6.45, 7) is 1.55. The molecule has 2 aromatic rings. The molecule has 104 valence electrons. The number of carboxylic acid groups (broad SMARTS) is 1. The fourth-order valence-electron chi connectivity index (χ4n) is 2.60. The van der Waals surface area contributed by atoms with Crippen molar-refractivity contribution in [2.45, 2.75) is 18.9 Å². The number of carboxylic acids is 1. The maximum atomic E-state index is 11.2. The predicted molar refractivity (Wildman–Crippen MR) is 76.2 cm³/mol. The van der Waals surface area contributed by atoms with Gasteiger partial charge in [0.15, 0.2) is 0 Å². The molecule has 0 radical (unpaired) electrons. The summed E-state index contributed by atoms with van der Waals surface area (Å²) in [6, 6.07) is 8.79. The minimum Gasteiger partial charge on any atom is -0.478 e. The van der Waals surface area contributed by atoms with E-state index in [4.69, 9.17) is 5.11 Å². The van der Waals surface area contributed by atoms with Crippen LogP contribution in [0.5, 0.6) is 0 Å². The van der Waals surface area contributed by atoms with Crippen LogP contribution in [0, 0.1) is 0 Å². The largest absolute Gasteiger partial charge is 0.478 e. The Bertz CT molecular complexity index is 649. The number of aromatic carboxylic acids is 1. The zero-order chi connectivity index (χ0) is 14.1. The summed E-state index contributed by atoms with van der Waals surface area (Å²) in [5.74, 6) is -0.0989. The lowest BCUT2D eigenvalue weighted by Gasteiger charge is -2.30. The van der Waals surface area contributed by atoms with E-state index in [1.807, 2.05) is 18.2 Å². The van der Waals surface area contributed by atoms with Crippen LogP contribution in [0.2, 0.25) is 0 Å². The van der Waals surface area contributed by atoms with Gasteiger partial charge in [-0.25, -0.2) is 9.78 Å². The number of aliphatic hydroxyl groups is 1. The molecule has 3 rings (SSSR count). The molecule has 0 atom stereocenters. The van der Waals surface area contributed by atoms with E-state index >= 15 is 0 Å². The Balaban J connectivity index is 1.97. The summed E-state index contributed by atoms with van der Waals surface area (Å²) < 4.78 is 0. The van der Waals surface area contributed by atoms with Gasteiger partial charge in [0.1, 0.15) is 5.82 Å². The van der Waals surface area contributed by atoms with Crippen molar-refractivity contribution in [3.05, 3.63) is 35.9 Å². The topological polar surface area (TPSA) is 73.7 Å². The maximum Gasteiger partial charge on any atom is 0.336 e. The van der Waals surface area contributed by atoms with Crippen LogP contribution in [0.3, 0.4) is 0 Å². The van der Waals surface area contributed by atoms with Crippen molar-refractivity contribution >= 4 is 22.7 Å². The van der Waals surface area contributed by atoms with Gasteiger partial charge in [0.2, 0.25) is 0 Å². The van der Waals surface area contributed by atoms with Crippen molar-refractivity contribution in [1.29, 1.82) is 0 Å². The maximum absolute atomic E-state index is 11.2. The minimum absolute atomic E-state index is 0.217. The van der Waals surface area contributed by atoms with E-state index in [2.05, 4.69) is 9.88 Å². The average Bonchev–Trinajstić information content (AvgIpc) is 2.46. The molecule has 0 saturated carbocycles. The molecule has 1 aliphatic heterocycles. The smallest absolute Gasteiger partial charge is 0.336 e. The number of carbonyl (C=O) groups is 1. The molecule has 0 aliphatic carbocycles. The molecule has 0 amide bonds. The van der Waals surface area contributed by atoms with E-state index < -0.39 is 5.97 Å². The Morgan fingerprint density at radius 1 is 1.20 bits per heavy atom. The Morgan fingerprint density at radius 2 is 1.95 bits per heavy atom. The quantitative estimate of drug-likeness (QED) is 0.873. The van der Waals surface area contributed by atoms with Crippen LogP contribution in [-0.4, -0.2) is 40.4 Å². The monoisotopic (exact) mass is 272 g/mol. The molecule has 20 heavy (non-hydrogen) atoms. The zero-order valence-corrected chi connectivity index (χ0v) is 11.0. The van der Waals surface area contributed by atoms with Crippen molar-refractivity contribution in [3.8, 4) is 0 Å². The molecule has 1 saturated heterocycles. The third-order valence-electron chi connectivity index (χ3n) is 3.74. The second-order valence-electron chi connectivity index (χ2n) is 5.07. The summed E-state index contributed by atoms with van der Waals surface area (Å²) in [5.41, 5.74) is 0.962. The number of aliphatic hydroxyl groups excluding tert-OH is 1. The van der Waals surface area contributed by atoms with Gasteiger partial charge in [-0.1, -0.05) is 6.07 Å². The molecule has 0 bridgehead atoms. The highest BCUT2D eigenvalue weighted by molar-refractivity contribution is 6.02. The van der Waals surface area contributed by atoms with E-state index in [1.54, 1.807) is 12.1 Å². The molecule has 0 spiro atoms. The Morgan fingerprint density at radius 3 is 2.65 bits per heavy atom. The van der Waals surface area contributed by atoms with E-state index in [0.29, 0.717) is 10.9 Å². The molecule has 0 unspecified atom stereocenters. The van der Waals surface area contributed by atoms with E-state index in [-0.39, 0.29) is 11.7 Å². The third-order valence-corrected chi connectivity index (χ3v) is 3.74. The number of hydrogen-bond donors (Lipinski definition) is 2. The SMILES string of the molecule is O=C(O)c1cccc2nc(N3CCC(O)CC3)ccc12. The molecule has 2 N–H and O–H groups in total. The number of benzene rings is 1. The molecule has 5 heteroatoms. The molecule has 1 fully saturated rings. The normalized spacial score (nSPS) is 16.6. The first kappa shape index (κ1) is 12.9. The van der Waals surface area contributed by atoms with E-state index in [9.17, 15) is 9.90 Å². The molecule has 2 heterocycles. The zero-order valence-electron chi connectivity index (χ0n) is 11.0. The van der Waals surface area contributed by atoms with Crippen LogP contribution < -0.4 is 4.90 Å². The van der Waals surface area contributed by atoms with Gasteiger partial charge in [0, 0.05) is 18.5 Å². The number of pyridine rings is 1. The number of rotatable bonds is 2. The van der Waals surface area contributed by atoms with Crippen LogP contribution in [0.25, 0.3) is 10.9 Å². The first-order valence-corrected chi connectivity index (χ1v) is 6.71. The van der Waals surface area contributed by atoms with Crippen LogP contribution >= 0.6 is 0 Å². The lowest BCUT2D eigenvalue weighted by molar-refractivity contribution is 0.0699. The molecular weight excluding hydrogens is 256 g/mol. The average molecular weight is 272 g/mol. The number of fused-ring (bicyclic) bond motifs is 1. The highest BCUT2D eigenvalue weighted by Gasteiger charge is 2.18. The summed E-state index contributed by atoms with van der Waals surface area (Å²) >= 11 is 0. The first-order valence-electron chi connectivity index (χ1n) is 6.71. The Hall–Kier alpha value is -2.14. The summed E-state index contributed by atoms with van der Waals surface area (Å²) in [6.07, 6.45) is 1.27. The third kappa shape index (κ3) is 2.32. The fraction of sp³-hybridized carbons (Fsp3) is 0.333. The van der Waals surface area contributed by atoms with E-state index in [0.717, 1.165) is 31.7 Å². The Kier molecular flexibility index (Phi) is 3.28. The van der Waals surface area contributed by atoms with Gasteiger partial charge in [-0.05, 0) is 37.1 Å². The van der Waals surface area contributed by atoms with Gasteiger partial charge in [0.05, 0.1) is 17.2 Å². The molecule has 5 nitrogen and oxygen atoms in total. The lowest BCUT2D eigenvalue weighted by atomic mass is 10.1. The second-order valence-corrected chi connectivity index (χ2v) is 5.07. The van der Waals surface area contributed by atoms with Gasteiger partial charge in [-0.15, -0.1) is 0 Å². The predicted octanol–water partition coefficient (Wildman–Crippen LogP) is 1.89. The van der Waals surface area contributed by atoms with Gasteiger partial charge in [-0.2, -0.15) is 0 Å². The van der Waals surface area contributed by atoms with Crippen molar-refractivity contribution in [2.75, 3.05) is 18.0 Å². The van der Waals surface area contributed by atoms with Gasteiger partial charge in [-0.3, -0.25) is 0 Å². The van der Waals surface area contributed by atoms with Crippen molar-refractivity contribution in [2.24, 2.45) is 0 Å². The fourth-order valence-corrected chi connectivity index (χ4v) is 2.60. The van der Waals surface area contributed by atoms with Crippen LogP contribution in [0.1, 0.15) is 23.2 Å². The summed E-state index contributed by atoms with van der Waals surface area (Å²) in [5, 5.41) is 19.3. The van der Waals surface area contributed by atoms with Crippen LogP contribution in [0.15, 0.2) is 30.3 Å². The highest BCUT2D eigenvalue weighted by atomic mass is 16.4. The van der Waals surface area contributed by atoms with Gasteiger partial charge >= 0.3 is 5.97 Å². The number of piperidine rings is 1. The van der Waals surface area contributed by atoms with Crippen molar-refractivity contribution in [3.63, 3.8) is 0 Å². The number of nitrogens with zero attached hydrogens (tertiary/aromatic N) is 2. The van der Waals surface area contributed by atoms with Crippen molar-refractivity contribution in [1.82, 2.24) is 4.98 Å². The van der Waals surface area contributed by atoms with E-state index in [1.165, 1.54) is 0 Å².